The van der Waals surface area contributed by atoms with E-state index in [4.69, 9.17) is 0 Å². The lowest BCUT2D eigenvalue weighted by Gasteiger charge is -2.31. The van der Waals surface area contributed by atoms with E-state index in [0.717, 1.165) is 37.2 Å². The number of aliphatic imine (C=N–C) groups is 1. The summed E-state index contributed by atoms with van der Waals surface area (Å²) in [5.41, 5.74) is 2.91. The van der Waals surface area contributed by atoms with Gasteiger partial charge in [-0.25, -0.2) is 4.90 Å². The molecule has 0 bridgehead atoms. The number of anilines is 1. The lowest BCUT2D eigenvalue weighted by molar-refractivity contribution is -0.118. The van der Waals surface area contributed by atoms with Gasteiger partial charge in [-0.1, -0.05) is 44.2 Å². The standard InChI is InChI=1S/C24H29N3O2/c1-4-26(5-2)15-9-14-25-17-22-20-12-6-7-13-21(20)23(28)27(24(22)29)19-11-8-10-18(3)16-19/h6-8,10-13,16-17,22H,4-5,9,14-15H2,1-3H3. The summed E-state index contributed by atoms with van der Waals surface area (Å²) in [5, 5.41) is 0. The highest BCUT2D eigenvalue weighted by Crippen LogP contribution is 2.32. The average molecular weight is 392 g/mol. The Bertz CT molecular complexity index is 903. The number of carbonyl (C=O) groups excluding carboxylic acids is 2. The van der Waals surface area contributed by atoms with E-state index in [-0.39, 0.29) is 11.8 Å². The summed E-state index contributed by atoms with van der Waals surface area (Å²) in [5.74, 6) is -1.06. The van der Waals surface area contributed by atoms with Crippen molar-refractivity contribution < 1.29 is 9.59 Å². The molecule has 0 radical (unpaired) electrons. The monoisotopic (exact) mass is 391 g/mol. The molecule has 152 valence electrons. The van der Waals surface area contributed by atoms with Crippen molar-refractivity contribution in [1.82, 2.24) is 4.90 Å². The summed E-state index contributed by atoms with van der Waals surface area (Å²) in [4.78, 5) is 34.5. The van der Waals surface area contributed by atoms with E-state index in [2.05, 4.69) is 23.7 Å². The zero-order valence-corrected chi connectivity index (χ0v) is 17.5. The van der Waals surface area contributed by atoms with Gasteiger partial charge in [-0.3, -0.25) is 14.6 Å². The fraction of sp³-hybridized carbons (Fsp3) is 0.375. The van der Waals surface area contributed by atoms with Crippen molar-refractivity contribution in [3.05, 3.63) is 65.2 Å². The molecule has 3 rings (SSSR count). The summed E-state index contributed by atoms with van der Waals surface area (Å²) in [6.07, 6.45) is 2.67. The second kappa shape index (κ2) is 9.61. The lowest BCUT2D eigenvalue weighted by Crippen LogP contribution is -2.45. The van der Waals surface area contributed by atoms with E-state index in [1.165, 1.54) is 4.90 Å². The number of benzene rings is 2. The number of hydrogen-bond donors (Lipinski definition) is 0. The van der Waals surface area contributed by atoms with E-state index >= 15 is 0 Å². The number of amides is 2. The predicted octanol–water partition coefficient (Wildman–Crippen LogP) is 4.07. The van der Waals surface area contributed by atoms with Crippen LogP contribution in [-0.2, 0) is 4.79 Å². The van der Waals surface area contributed by atoms with Gasteiger partial charge in [0.2, 0.25) is 5.91 Å². The van der Waals surface area contributed by atoms with Gasteiger partial charge in [-0.15, -0.1) is 0 Å². The maximum atomic E-state index is 13.3. The number of aryl methyl sites for hydroxylation is 1. The molecule has 1 heterocycles. The van der Waals surface area contributed by atoms with Crippen molar-refractivity contribution in [2.45, 2.75) is 33.1 Å². The fourth-order valence-corrected chi connectivity index (χ4v) is 3.72. The summed E-state index contributed by atoms with van der Waals surface area (Å²) in [6.45, 7) is 9.98. The van der Waals surface area contributed by atoms with Crippen LogP contribution in [0, 0.1) is 6.92 Å². The van der Waals surface area contributed by atoms with E-state index in [1.54, 1.807) is 18.3 Å². The first-order valence-electron chi connectivity index (χ1n) is 10.3. The van der Waals surface area contributed by atoms with Gasteiger partial charge in [0.15, 0.2) is 0 Å². The topological polar surface area (TPSA) is 53.0 Å². The molecule has 1 unspecified atom stereocenters. The van der Waals surface area contributed by atoms with Gasteiger partial charge in [0, 0.05) is 18.3 Å². The van der Waals surface area contributed by atoms with Gasteiger partial charge >= 0.3 is 0 Å². The summed E-state index contributed by atoms with van der Waals surface area (Å²) in [7, 11) is 0. The zero-order chi connectivity index (χ0) is 20.8. The normalized spacial score (nSPS) is 16.7. The minimum absolute atomic E-state index is 0.244. The van der Waals surface area contributed by atoms with Crippen LogP contribution in [0.2, 0.25) is 0 Å². The second-order valence-electron chi connectivity index (χ2n) is 7.32. The minimum atomic E-state index is -0.544. The third kappa shape index (κ3) is 4.62. The number of carbonyl (C=O) groups is 2. The van der Waals surface area contributed by atoms with Gasteiger partial charge in [0.25, 0.3) is 5.91 Å². The zero-order valence-electron chi connectivity index (χ0n) is 17.5. The maximum Gasteiger partial charge on any atom is 0.265 e. The van der Waals surface area contributed by atoms with Crippen LogP contribution in [0.5, 0.6) is 0 Å². The molecule has 5 nitrogen and oxygen atoms in total. The molecule has 0 aromatic heterocycles. The van der Waals surface area contributed by atoms with Gasteiger partial charge in [-0.05, 0) is 62.3 Å². The summed E-state index contributed by atoms with van der Waals surface area (Å²) >= 11 is 0. The molecule has 0 fully saturated rings. The van der Waals surface area contributed by atoms with E-state index < -0.39 is 5.92 Å². The molecular formula is C24H29N3O2. The molecule has 0 aliphatic carbocycles. The first kappa shape index (κ1) is 20.9. The lowest BCUT2D eigenvalue weighted by atomic mass is 9.88. The van der Waals surface area contributed by atoms with Crippen molar-refractivity contribution in [2.75, 3.05) is 31.1 Å². The smallest absolute Gasteiger partial charge is 0.265 e. The van der Waals surface area contributed by atoms with Crippen LogP contribution in [0.25, 0.3) is 0 Å². The molecule has 2 aromatic carbocycles. The Morgan fingerprint density at radius 2 is 1.83 bits per heavy atom. The molecule has 1 aliphatic heterocycles. The highest BCUT2D eigenvalue weighted by molar-refractivity contribution is 6.29. The van der Waals surface area contributed by atoms with Gasteiger partial charge in [0.05, 0.1) is 11.6 Å². The van der Waals surface area contributed by atoms with Crippen LogP contribution < -0.4 is 4.90 Å². The molecule has 0 spiro atoms. The average Bonchev–Trinajstić information content (AvgIpc) is 2.73. The molecule has 2 amide bonds. The largest absolute Gasteiger partial charge is 0.304 e. The van der Waals surface area contributed by atoms with Crippen molar-refractivity contribution in [3.63, 3.8) is 0 Å². The van der Waals surface area contributed by atoms with Crippen LogP contribution in [0.4, 0.5) is 5.69 Å². The number of nitrogens with zero attached hydrogens (tertiary/aromatic N) is 3. The highest BCUT2D eigenvalue weighted by Gasteiger charge is 2.38. The summed E-state index contributed by atoms with van der Waals surface area (Å²) in [6, 6.07) is 14.8. The Labute approximate surface area is 173 Å². The van der Waals surface area contributed by atoms with Crippen LogP contribution in [-0.4, -0.2) is 49.1 Å². The van der Waals surface area contributed by atoms with Crippen molar-refractivity contribution in [1.29, 1.82) is 0 Å². The quantitative estimate of drug-likeness (QED) is 0.387. The Hall–Kier alpha value is -2.79. The molecular weight excluding hydrogens is 362 g/mol. The van der Waals surface area contributed by atoms with Crippen LogP contribution >= 0.6 is 0 Å². The maximum absolute atomic E-state index is 13.3. The Balaban J connectivity index is 1.84. The van der Waals surface area contributed by atoms with Crippen LogP contribution in [0.1, 0.15) is 47.7 Å². The van der Waals surface area contributed by atoms with Crippen molar-refractivity contribution >= 4 is 23.7 Å². The first-order chi connectivity index (χ1) is 14.1. The Kier molecular flexibility index (Phi) is 6.94. The van der Waals surface area contributed by atoms with Gasteiger partial charge < -0.3 is 4.90 Å². The fourth-order valence-electron chi connectivity index (χ4n) is 3.72. The minimum Gasteiger partial charge on any atom is -0.304 e. The van der Waals surface area contributed by atoms with Gasteiger partial charge in [-0.2, -0.15) is 0 Å². The van der Waals surface area contributed by atoms with Gasteiger partial charge in [0.1, 0.15) is 0 Å². The molecule has 29 heavy (non-hydrogen) atoms. The number of hydrogen-bond acceptors (Lipinski definition) is 4. The first-order valence-corrected chi connectivity index (χ1v) is 10.3. The predicted molar refractivity (Wildman–Crippen MR) is 118 cm³/mol. The van der Waals surface area contributed by atoms with Crippen LogP contribution in [0.15, 0.2) is 53.5 Å². The molecule has 1 atom stereocenters. The Morgan fingerprint density at radius 3 is 2.55 bits per heavy atom. The third-order valence-corrected chi connectivity index (χ3v) is 5.39. The third-order valence-electron chi connectivity index (χ3n) is 5.39. The molecule has 1 aliphatic rings. The van der Waals surface area contributed by atoms with Crippen LogP contribution in [0.3, 0.4) is 0 Å². The van der Waals surface area contributed by atoms with E-state index in [9.17, 15) is 9.59 Å². The summed E-state index contributed by atoms with van der Waals surface area (Å²) < 4.78 is 0. The van der Waals surface area contributed by atoms with Crippen molar-refractivity contribution in [2.24, 2.45) is 4.99 Å². The molecule has 5 heteroatoms. The van der Waals surface area contributed by atoms with E-state index in [0.29, 0.717) is 17.8 Å². The second-order valence-corrected chi connectivity index (χ2v) is 7.32. The molecule has 0 saturated carbocycles. The SMILES string of the molecule is CCN(CC)CCCN=CC1C(=O)N(c2cccc(C)c2)C(=O)c2ccccc21. The number of imide groups is 1. The highest BCUT2D eigenvalue weighted by atomic mass is 16.2. The van der Waals surface area contributed by atoms with E-state index in [1.807, 2.05) is 43.3 Å². The molecule has 0 saturated heterocycles. The number of fused-ring (bicyclic) bond motifs is 1. The number of rotatable bonds is 8. The molecule has 2 aromatic rings. The molecule has 0 N–H and O–H groups in total. The van der Waals surface area contributed by atoms with Crippen molar-refractivity contribution in [3.8, 4) is 0 Å². The Morgan fingerprint density at radius 1 is 1.07 bits per heavy atom.